The number of allylic oxidation sites excluding steroid dienone is 1. The summed E-state index contributed by atoms with van der Waals surface area (Å²) >= 11 is 5.82. The van der Waals surface area contributed by atoms with Gasteiger partial charge >= 0.3 is 6.16 Å². The number of aromatic nitrogens is 3. The Balaban J connectivity index is 1.99. The molecule has 1 amide bonds. The van der Waals surface area contributed by atoms with E-state index in [-0.39, 0.29) is 23.0 Å². The number of ether oxygens (including phenoxy) is 2. The van der Waals surface area contributed by atoms with Gasteiger partial charge in [0.25, 0.3) is 5.91 Å². The molecular weight excluding hydrogens is 336 g/mol. The lowest BCUT2D eigenvalue weighted by atomic mass is 10.3. The Morgan fingerprint density at radius 3 is 2.71 bits per heavy atom. The van der Waals surface area contributed by atoms with Gasteiger partial charge in [0.1, 0.15) is 17.3 Å². The van der Waals surface area contributed by atoms with Crippen LogP contribution in [-0.4, -0.2) is 27.0 Å². The van der Waals surface area contributed by atoms with Crippen molar-refractivity contribution in [2.24, 2.45) is 0 Å². The molecule has 1 atom stereocenters. The standard InChI is InChI=1S/C15H11ClN4O4/c1-8(2)23-15(22)24-14-12-11(17-5-6-18-12)13(21)20(14)10-4-3-9(16)7-19-10/h3-7,14H,1H2,2H3/t14-/m1/s1. The highest BCUT2D eigenvalue weighted by molar-refractivity contribution is 6.30. The van der Waals surface area contributed by atoms with Crippen molar-refractivity contribution in [1.29, 1.82) is 0 Å². The first kappa shape index (κ1) is 15.9. The highest BCUT2D eigenvalue weighted by Gasteiger charge is 2.44. The van der Waals surface area contributed by atoms with Gasteiger partial charge in [-0.25, -0.2) is 19.7 Å². The van der Waals surface area contributed by atoms with Crippen molar-refractivity contribution in [3.05, 3.63) is 59.5 Å². The minimum atomic E-state index is -1.15. The maximum atomic E-state index is 12.6. The van der Waals surface area contributed by atoms with Gasteiger partial charge < -0.3 is 9.47 Å². The number of carbonyl (C=O) groups is 2. The van der Waals surface area contributed by atoms with Gasteiger partial charge in [-0.3, -0.25) is 9.78 Å². The summed E-state index contributed by atoms with van der Waals surface area (Å²) in [6.07, 6.45) is 1.97. The molecule has 2 aromatic heterocycles. The molecule has 0 N–H and O–H groups in total. The third-order valence-corrected chi connectivity index (χ3v) is 3.26. The molecule has 0 saturated heterocycles. The van der Waals surface area contributed by atoms with Gasteiger partial charge in [-0.05, 0) is 19.1 Å². The number of halogens is 1. The molecule has 0 spiro atoms. The van der Waals surface area contributed by atoms with E-state index in [1.165, 1.54) is 31.6 Å². The first-order valence-electron chi connectivity index (χ1n) is 6.77. The Kier molecular flexibility index (Phi) is 4.13. The van der Waals surface area contributed by atoms with Crippen LogP contribution in [0.5, 0.6) is 0 Å². The van der Waals surface area contributed by atoms with Crippen molar-refractivity contribution in [2.75, 3.05) is 4.90 Å². The molecule has 1 aliphatic heterocycles. The van der Waals surface area contributed by atoms with Gasteiger partial charge in [-0.2, -0.15) is 0 Å². The van der Waals surface area contributed by atoms with Crippen LogP contribution in [0.2, 0.25) is 5.02 Å². The predicted octanol–water partition coefficient (Wildman–Crippen LogP) is 2.87. The molecule has 3 heterocycles. The number of fused-ring (bicyclic) bond motifs is 1. The lowest BCUT2D eigenvalue weighted by Gasteiger charge is -2.22. The summed E-state index contributed by atoms with van der Waals surface area (Å²) in [5.41, 5.74) is 0.264. The molecule has 9 heteroatoms. The molecule has 3 rings (SSSR count). The van der Waals surface area contributed by atoms with E-state index in [9.17, 15) is 9.59 Å². The van der Waals surface area contributed by atoms with E-state index in [0.29, 0.717) is 5.02 Å². The van der Waals surface area contributed by atoms with Crippen molar-refractivity contribution in [3.8, 4) is 0 Å². The van der Waals surface area contributed by atoms with Crippen LogP contribution in [0.3, 0.4) is 0 Å². The molecule has 2 aromatic rings. The number of amides is 1. The van der Waals surface area contributed by atoms with Crippen LogP contribution < -0.4 is 4.90 Å². The van der Waals surface area contributed by atoms with E-state index in [1.54, 1.807) is 6.07 Å². The summed E-state index contributed by atoms with van der Waals surface area (Å²) in [4.78, 5) is 37.7. The topological polar surface area (TPSA) is 94.5 Å². The van der Waals surface area contributed by atoms with Crippen molar-refractivity contribution in [1.82, 2.24) is 15.0 Å². The lowest BCUT2D eigenvalue weighted by Crippen LogP contribution is -2.31. The Morgan fingerprint density at radius 2 is 2.04 bits per heavy atom. The minimum Gasteiger partial charge on any atom is -0.403 e. The van der Waals surface area contributed by atoms with E-state index in [0.717, 1.165) is 4.90 Å². The van der Waals surface area contributed by atoms with E-state index in [2.05, 4.69) is 21.5 Å². The number of hydrogen-bond acceptors (Lipinski definition) is 7. The smallest absolute Gasteiger partial charge is 0.403 e. The highest BCUT2D eigenvalue weighted by atomic mass is 35.5. The molecule has 1 aliphatic rings. The van der Waals surface area contributed by atoms with Gasteiger partial charge in [0.05, 0.1) is 5.02 Å². The van der Waals surface area contributed by atoms with Gasteiger partial charge in [0.2, 0.25) is 6.23 Å². The van der Waals surface area contributed by atoms with E-state index >= 15 is 0 Å². The largest absolute Gasteiger partial charge is 0.515 e. The fraction of sp³-hybridized carbons (Fsp3) is 0.133. The first-order valence-corrected chi connectivity index (χ1v) is 7.15. The summed E-state index contributed by atoms with van der Waals surface area (Å²) < 4.78 is 10.0. The zero-order chi connectivity index (χ0) is 17.3. The Labute approximate surface area is 141 Å². The summed E-state index contributed by atoms with van der Waals surface area (Å²) in [6.45, 7) is 4.95. The second kappa shape index (κ2) is 6.25. The van der Waals surface area contributed by atoms with Crippen LogP contribution in [0.4, 0.5) is 10.6 Å². The molecule has 122 valence electrons. The zero-order valence-electron chi connectivity index (χ0n) is 12.5. The molecule has 24 heavy (non-hydrogen) atoms. The van der Waals surface area contributed by atoms with Crippen LogP contribution in [0.15, 0.2) is 43.1 Å². The number of carbonyl (C=O) groups excluding carboxylic acids is 2. The molecule has 0 saturated carbocycles. The van der Waals surface area contributed by atoms with Gasteiger partial charge in [0, 0.05) is 18.6 Å². The van der Waals surface area contributed by atoms with Crippen molar-refractivity contribution in [3.63, 3.8) is 0 Å². The van der Waals surface area contributed by atoms with Crippen molar-refractivity contribution < 1.29 is 19.1 Å². The van der Waals surface area contributed by atoms with Crippen LogP contribution in [0.1, 0.15) is 29.3 Å². The summed E-state index contributed by atoms with van der Waals surface area (Å²) in [5.74, 6) is -0.113. The molecule has 8 nitrogen and oxygen atoms in total. The molecular formula is C15H11ClN4O4. The molecule has 0 aromatic carbocycles. The van der Waals surface area contributed by atoms with Crippen LogP contribution in [0, 0.1) is 0 Å². The summed E-state index contributed by atoms with van der Waals surface area (Å²) in [6, 6.07) is 3.08. The third-order valence-electron chi connectivity index (χ3n) is 3.04. The maximum Gasteiger partial charge on any atom is 0.515 e. The van der Waals surface area contributed by atoms with Gasteiger partial charge in [-0.1, -0.05) is 18.2 Å². The summed E-state index contributed by atoms with van der Waals surface area (Å²) in [7, 11) is 0. The Bertz CT molecular complexity index is 824. The SMILES string of the molecule is C=C(C)OC(=O)O[C@@H]1c2nccnc2C(=O)N1c1ccc(Cl)cn1. The van der Waals surface area contributed by atoms with E-state index < -0.39 is 18.3 Å². The van der Waals surface area contributed by atoms with Crippen molar-refractivity contribution in [2.45, 2.75) is 13.2 Å². The molecule has 0 aliphatic carbocycles. The predicted molar refractivity (Wildman–Crippen MR) is 83.2 cm³/mol. The van der Waals surface area contributed by atoms with Crippen molar-refractivity contribution >= 4 is 29.5 Å². The third kappa shape index (κ3) is 2.91. The number of anilines is 1. The van der Waals surface area contributed by atoms with Crippen LogP contribution >= 0.6 is 11.6 Å². The fourth-order valence-corrected chi connectivity index (χ4v) is 2.25. The number of rotatable bonds is 3. The Hall–Kier alpha value is -3.00. The van der Waals surface area contributed by atoms with E-state index in [4.69, 9.17) is 21.1 Å². The van der Waals surface area contributed by atoms with Gasteiger partial charge in [-0.15, -0.1) is 0 Å². The second-order valence-corrected chi connectivity index (χ2v) is 5.26. The van der Waals surface area contributed by atoms with Crippen LogP contribution in [-0.2, 0) is 9.47 Å². The first-order chi connectivity index (χ1) is 11.5. The molecule has 0 radical (unpaired) electrons. The second-order valence-electron chi connectivity index (χ2n) is 4.82. The fourth-order valence-electron chi connectivity index (χ4n) is 2.14. The van der Waals surface area contributed by atoms with Crippen LogP contribution in [0.25, 0.3) is 0 Å². The average molecular weight is 347 g/mol. The highest BCUT2D eigenvalue weighted by Crippen LogP contribution is 2.35. The zero-order valence-corrected chi connectivity index (χ0v) is 13.2. The summed E-state index contributed by atoms with van der Waals surface area (Å²) in [5, 5.41) is 0.401. The Morgan fingerprint density at radius 1 is 1.29 bits per heavy atom. The number of hydrogen-bond donors (Lipinski definition) is 0. The lowest BCUT2D eigenvalue weighted by molar-refractivity contribution is 0.0400. The minimum absolute atomic E-state index is 0.0716. The molecule has 0 bridgehead atoms. The molecule has 0 fully saturated rings. The normalized spacial score (nSPS) is 15.8. The maximum absolute atomic E-state index is 12.6. The number of nitrogens with zero attached hydrogens (tertiary/aromatic N) is 4. The average Bonchev–Trinajstić information content (AvgIpc) is 2.81. The monoisotopic (exact) mass is 346 g/mol. The van der Waals surface area contributed by atoms with E-state index in [1.807, 2.05) is 0 Å². The number of pyridine rings is 1. The quantitative estimate of drug-likeness (QED) is 0.623. The molecule has 0 unspecified atom stereocenters. The van der Waals surface area contributed by atoms with Gasteiger partial charge in [0.15, 0.2) is 5.69 Å².